The third kappa shape index (κ3) is 3.25. The average Bonchev–Trinajstić information content (AvgIpc) is 2.00. The fourth-order valence-corrected chi connectivity index (χ4v) is 3.06. The number of rotatable bonds is 5. The lowest BCUT2D eigenvalue weighted by Gasteiger charge is -2.34. The van der Waals surface area contributed by atoms with Gasteiger partial charge in [-0.1, -0.05) is 0 Å². The van der Waals surface area contributed by atoms with Gasteiger partial charge in [-0.3, -0.25) is 0 Å². The summed E-state index contributed by atoms with van der Waals surface area (Å²) >= 11 is 0. The van der Waals surface area contributed by atoms with Crippen molar-refractivity contribution in [3.8, 4) is 0 Å². The zero-order valence-electron chi connectivity index (χ0n) is 8.07. The number of sulfone groups is 1. The molecule has 1 saturated heterocycles. The number of unbranched alkanes of at least 4 members (excludes halogenated alkanes) is 1. The molecule has 0 aromatic rings. The van der Waals surface area contributed by atoms with E-state index in [4.69, 9.17) is 5.73 Å². The Morgan fingerprint density at radius 3 is 2.46 bits per heavy atom. The lowest BCUT2D eigenvalue weighted by molar-refractivity contribution is 0.258. The van der Waals surface area contributed by atoms with Crippen LogP contribution in [-0.4, -0.2) is 51.0 Å². The predicted molar refractivity (Wildman–Crippen MR) is 53.4 cm³/mol. The predicted octanol–water partition coefficient (Wildman–Crippen LogP) is -0.546. The van der Waals surface area contributed by atoms with Gasteiger partial charge < -0.3 is 10.6 Å². The largest absolute Gasteiger partial charge is 0.330 e. The number of nitrogens with two attached hydrogens (primary N) is 1. The van der Waals surface area contributed by atoms with Crippen LogP contribution in [0.5, 0.6) is 0 Å². The van der Waals surface area contributed by atoms with Gasteiger partial charge in [0, 0.05) is 6.04 Å². The van der Waals surface area contributed by atoms with Crippen LogP contribution in [0.4, 0.5) is 0 Å². The van der Waals surface area contributed by atoms with Crippen molar-refractivity contribution >= 4 is 9.84 Å². The van der Waals surface area contributed by atoms with E-state index in [9.17, 15) is 8.42 Å². The van der Waals surface area contributed by atoms with E-state index in [-0.39, 0.29) is 6.04 Å². The van der Waals surface area contributed by atoms with Gasteiger partial charge in [-0.2, -0.15) is 0 Å². The van der Waals surface area contributed by atoms with Crippen molar-refractivity contribution in [3.63, 3.8) is 0 Å². The van der Waals surface area contributed by atoms with E-state index in [1.165, 1.54) is 0 Å². The van der Waals surface area contributed by atoms with Crippen LogP contribution in [-0.2, 0) is 9.84 Å². The first-order valence-corrected chi connectivity index (χ1v) is 6.48. The summed E-state index contributed by atoms with van der Waals surface area (Å²) in [5, 5.41) is 0. The summed E-state index contributed by atoms with van der Waals surface area (Å²) in [7, 11) is -0.691. The molecule has 0 aliphatic carbocycles. The number of hydrogen-bond donors (Lipinski definition) is 1. The normalized spacial score (nSPS) is 21.8. The Hall–Kier alpha value is -0.130. The van der Waals surface area contributed by atoms with Crippen molar-refractivity contribution in [2.75, 3.05) is 31.6 Å². The molecule has 13 heavy (non-hydrogen) atoms. The van der Waals surface area contributed by atoms with Crippen LogP contribution in [0.3, 0.4) is 0 Å². The third-order valence-corrected chi connectivity index (χ3v) is 4.27. The standard InChI is InChI=1S/C8H18N2O2S/c1-10(5-3-2-4-9)8-6-13(11,12)7-8/h8H,2-7,9H2,1H3. The Morgan fingerprint density at radius 2 is 2.00 bits per heavy atom. The Bertz CT molecular complexity index is 239. The average molecular weight is 206 g/mol. The van der Waals surface area contributed by atoms with Gasteiger partial charge in [0.2, 0.25) is 0 Å². The lowest BCUT2D eigenvalue weighted by Crippen LogP contribution is -2.51. The zero-order chi connectivity index (χ0) is 9.90. The molecule has 0 saturated carbocycles. The van der Waals surface area contributed by atoms with E-state index in [1.807, 2.05) is 7.05 Å². The van der Waals surface area contributed by atoms with Gasteiger partial charge in [0.15, 0.2) is 9.84 Å². The van der Waals surface area contributed by atoms with Crippen molar-refractivity contribution in [1.82, 2.24) is 4.90 Å². The fourth-order valence-electron chi connectivity index (χ4n) is 1.48. The molecule has 0 bridgehead atoms. The Kier molecular flexibility index (Phi) is 3.70. The molecule has 0 spiro atoms. The van der Waals surface area contributed by atoms with Crippen molar-refractivity contribution < 1.29 is 8.42 Å². The summed E-state index contributed by atoms with van der Waals surface area (Å²) in [5.41, 5.74) is 5.37. The summed E-state index contributed by atoms with van der Waals surface area (Å²) in [5.74, 6) is 0.679. The lowest BCUT2D eigenvalue weighted by atomic mass is 10.2. The highest BCUT2D eigenvalue weighted by molar-refractivity contribution is 7.92. The second kappa shape index (κ2) is 4.39. The second-order valence-corrected chi connectivity index (χ2v) is 5.86. The van der Waals surface area contributed by atoms with E-state index in [0.29, 0.717) is 11.5 Å². The topological polar surface area (TPSA) is 63.4 Å². The highest BCUT2D eigenvalue weighted by atomic mass is 32.2. The Labute approximate surface area is 80.0 Å². The zero-order valence-corrected chi connectivity index (χ0v) is 8.89. The SMILES string of the molecule is CN(CCCCN)C1CS(=O)(=O)C1. The molecule has 1 aliphatic heterocycles. The molecular formula is C8H18N2O2S. The summed E-state index contributed by atoms with van der Waals surface area (Å²) in [4.78, 5) is 2.12. The van der Waals surface area contributed by atoms with Crippen molar-refractivity contribution in [2.24, 2.45) is 5.73 Å². The maximum atomic E-state index is 10.9. The molecule has 1 aliphatic rings. The summed E-state index contributed by atoms with van der Waals surface area (Å²) in [6, 6.07) is 0.253. The van der Waals surface area contributed by atoms with E-state index in [2.05, 4.69) is 4.90 Å². The van der Waals surface area contributed by atoms with Gasteiger partial charge in [-0.25, -0.2) is 8.42 Å². The maximum Gasteiger partial charge on any atom is 0.153 e. The smallest absolute Gasteiger partial charge is 0.153 e. The van der Waals surface area contributed by atoms with Crippen LogP contribution >= 0.6 is 0 Å². The van der Waals surface area contributed by atoms with E-state index < -0.39 is 9.84 Å². The number of hydrogen-bond acceptors (Lipinski definition) is 4. The Balaban J connectivity index is 2.15. The van der Waals surface area contributed by atoms with Crippen molar-refractivity contribution in [2.45, 2.75) is 18.9 Å². The first kappa shape index (κ1) is 10.9. The minimum atomic E-state index is -2.67. The molecule has 78 valence electrons. The van der Waals surface area contributed by atoms with Crippen molar-refractivity contribution in [3.05, 3.63) is 0 Å². The molecular weight excluding hydrogens is 188 g/mol. The quantitative estimate of drug-likeness (QED) is 0.613. The molecule has 2 N–H and O–H groups in total. The summed E-state index contributed by atoms with van der Waals surface area (Å²) < 4.78 is 21.8. The summed E-state index contributed by atoms with van der Waals surface area (Å²) in [6.07, 6.45) is 2.08. The van der Waals surface area contributed by atoms with Crippen molar-refractivity contribution in [1.29, 1.82) is 0 Å². The van der Waals surface area contributed by atoms with Gasteiger partial charge >= 0.3 is 0 Å². The van der Waals surface area contributed by atoms with Gasteiger partial charge in [0.1, 0.15) is 0 Å². The third-order valence-electron chi connectivity index (χ3n) is 2.48. The second-order valence-electron chi connectivity index (χ2n) is 3.71. The first-order chi connectivity index (χ1) is 6.05. The Morgan fingerprint density at radius 1 is 1.38 bits per heavy atom. The van der Waals surface area contributed by atoms with E-state index >= 15 is 0 Å². The van der Waals surface area contributed by atoms with Crippen LogP contribution in [0.15, 0.2) is 0 Å². The highest BCUT2D eigenvalue weighted by Crippen LogP contribution is 2.16. The molecule has 0 aromatic carbocycles. The van der Waals surface area contributed by atoms with E-state index in [0.717, 1.165) is 25.9 Å². The molecule has 5 heteroatoms. The molecule has 0 unspecified atom stereocenters. The minimum Gasteiger partial charge on any atom is -0.330 e. The van der Waals surface area contributed by atoms with Gasteiger partial charge in [0.25, 0.3) is 0 Å². The van der Waals surface area contributed by atoms with Gasteiger partial charge in [-0.05, 0) is 33.0 Å². The maximum absolute atomic E-state index is 10.9. The first-order valence-electron chi connectivity index (χ1n) is 4.66. The highest BCUT2D eigenvalue weighted by Gasteiger charge is 2.35. The van der Waals surface area contributed by atoms with Gasteiger partial charge in [0.05, 0.1) is 11.5 Å². The van der Waals surface area contributed by atoms with Crippen LogP contribution in [0.25, 0.3) is 0 Å². The van der Waals surface area contributed by atoms with Crippen LogP contribution in [0, 0.1) is 0 Å². The summed E-state index contributed by atoms with van der Waals surface area (Å²) in [6.45, 7) is 1.67. The molecule has 1 fully saturated rings. The van der Waals surface area contributed by atoms with Crippen LogP contribution in [0.2, 0.25) is 0 Å². The fraction of sp³-hybridized carbons (Fsp3) is 1.00. The van der Waals surface area contributed by atoms with Crippen LogP contribution < -0.4 is 5.73 Å². The monoisotopic (exact) mass is 206 g/mol. The number of nitrogens with zero attached hydrogens (tertiary/aromatic N) is 1. The minimum absolute atomic E-state index is 0.253. The molecule has 0 amide bonds. The van der Waals surface area contributed by atoms with E-state index in [1.54, 1.807) is 0 Å². The molecule has 1 heterocycles. The molecule has 1 rings (SSSR count). The van der Waals surface area contributed by atoms with Crippen LogP contribution in [0.1, 0.15) is 12.8 Å². The van der Waals surface area contributed by atoms with Gasteiger partial charge in [-0.15, -0.1) is 0 Å². The molecule has 4 nitrogen and oxygen atoms in total. The molecule has 0 radical (unpaired) electrons. The molecule has 0 atom stereocenters. The molecule has 0 aromatic heterocycles.